The van der Waals surface area contributed by atoms with Gasteiger partial charge in [-0.3, -0.25) is 14.5 Å². The fourth-order valence-corrected chi connectivity index (χ4v) is 3.24. The van der Waals surface area contributed by atoms with E-state index in [9.17, 15) is 9.59 Å². The normalized spacial score (nSPS) is 14.3. The highest BCUT2D eigenvalue weighted by Crippen LogP contribution is 2.10. The number of hydrogen-bond acceptors (Lipinski definition) is 4. The number of nitriles is 1. The van der Waals surface area contributed by atoms with Crippen LogP contribution < -0.4 is 5.32 Å². The predicted molar refractivity (Wildman–Crippen MR) is 108 cm³/mol. The summed E-state index contributed by atoms with van der Waals surface area (Å²) in [6.45, 7) is 3.02. The quantitative estimate of drug-likeness (QED) is 0.839. The summed E-state index contributed by atoms with van der Waals surface area (Å²) in [4.78, 5) is 28.5. The Morgan fingerprint density at radius 3 is 2.29 bits per heavy atom. The van der Waals surface area contributed by atoms with Gasteiger partial charge >= 0.3 is 0 Å². The summed E-state index contributed by atoms with van der Waals surface area (Å²) in [7, 11) is 0. The molecule has 144 valence electrons. The molecule has 6 nitrogen and oxygen atoms in total. The van der Waals surface area contributed by atoms with Crippen LogP contribution in [0.4, 0.5) is 5.69 Å². The molecule has 0 saturated carbocycles. The van der Waals surface area contributed by atoms with E-state index in [4.69, 9.17) is 5.26 Å². The first kappa shape index (κ1) is 19.6. The highest BCUT2D eigenvalue weighted by atomic mass is 16.2. The Hall–Kier alpha value is -3.17. The van der Waals surface area contributed by atoms with E-state index in [1.165, 1.54) is 0 Å². The lowest BCUT2D eigenvalue weighted by atomic mass is 10.1. The lowest BCUT2D eigenvalue weighted by Gasteiger charge is -2.34. The Balaban J connectivity index is 1.38. The van der Waals surface area contributed by atoms with Crippen molar-refractivity contribution in [2.75, 3.05) is 38.0 Å². The average molecular weight is 376 g/mol. The van der Waals surface area contributed by atoms with Crippen LogP contribution in [0.15, 0.2) is 54.6 Å². The monoisotopic (exact) mass is 376 g/mol. The molecule has 0 spiro atoms. The van der Waals surface area contributed by atoms with Crippen LogP contribution in [0, 0.1) is 11.3 Å². The number of nitrogens with one attached hydrogen (secondary N) is 1. The Morgan fingerprint density at radius 1 is 0.964 bits per heavy atom. The Labute approximate surface area is 165 Å². The minimum absolute atomic E-state index is 0.0354. The number of benzene rings is 2. The SMILES string of the molecule is N#Cc1ccc(CCC(=O)N2CCN(CC(=O)Nc3ccccc3)CC2)cc1. The van der Waals surface area contributed by atoms with Crippen molar-refractivity contribution < 1.29 is 9.59 Å². The molecule has 1 heterocycles. The van der Waals surface area contributed by atoms with Gasteiger partial charge in [-0.2, -0.15) is 5.26 Å². The van der Waals surface area contributed by atoms with Gasteiger partial charge in [0.1, 0.15) is 0 Å². The molecule has 2 aromatic carbocycles. The van der Waals surface area contributed by atoms with Crippen LogP contribution in [-0.4, -0.2) is 54.3 Å². The number of hydrogen-bond donors (Lipinski definition) is 1. The molecule has 0 unspecified atom stereocenters. The molecule has 0 aliphatic carbocycles. The third-order valence-corrected chi connectivity index (χ3v) is 4.86. The molecule has 3 rings (SSSR count). The van der Waals surface area contributed by atoms with E-state index in [0.717, 1.165) is 11.3 Å². The molecule has 2 amide bonds. The highest BCUT2D eigenvalue weighted by molar-refractivity contribution is 5.92. The van der Waals surface area contributed by atoms with Crippen molar-refractivity contribution in [3.63, 3.8) is 0 Å². The average Bonchev–Trinajstić information content (AvgIpc) is 2.73. The smallest absolute Gasteiger partial charge is 0.238 e. The number of amides is 2. The molecule has 1 aliphatic heterocycles. The summed E-state index contributed by atoms with van der Waals surface area (Å²) in [5.41, 5.74) is 2.48. The molecule has 6 heteroatoms. The molecule has 28 heavy (non-hydrogen) atoms. The molecule has 0 radical (unpaired) electrons. The number of para-hydroxylation sites is 1. The molecular weight excluding hydrogens is 352 g/mol. The maximum atomic E-state index is 12.4. The Morgan fingerprint density at radius 2 is 1.64 bits per heavy atom. The zero-order chi connectivity index (χ0) is 19.8. The number of carbonyl (C=O) groups is 2. The van der Waals surface area contributed by atoms with E-state index in [0.29, 0.717) is 51.1 Å². The van der Waals surface area contributed by atoms with Crippen molar-refractivity contribution in [3.8, 4) is 6.07 Å². The van der Waals surface area contributed by atoms with E-state index in [1.807, 2.05) is 47.4 Å². The number of piperazine rings is 1. The summed E-state index contributed by atoms with van der Waals surface area (Å²) in [5, 5.41) is 11.7. The lowest BCUT2D eigenvalue weighted by molar-refractivity contribution is -0.133. The fraction of sp³-hybridized carbons (Fsp3) is 0.318. The molecule has 1 saturated heterocycles. The molecule has 2 aromatic rings. The van der Waals surface area contributed by atoms with Crippen molar-refractivity contribution in [1.82, 2.24) is 9.80 Å². The second-order valence-corrected chi connectivity index (χ2v) is 6.88. The van der Waals surface area contributed by atoms with Gasteiger partial charge in [-0.15, -0.1) is 0 Å². The van der Waals surface area contributed by atoms with Gasteiger partial charge in [0.25, 0.3) is 0 Å². The molecule has 1 fully saturated rings. The number of anilines is 1. The number of carbonyl (C=O) groups excluding carboxylic acids is 2. The van der Waals surface area contributed by atoms with E-state index in [2.05, 4.69) is 16.3 Å². The van der Waals surface area contributed by atoms with Gasteiger partial charge < -0.3 is 10.2 Å². The lowest BCUT2D eigenvalue weighted by Crippen LogP contribution is -2.50. The van der Waals surface area contributed by atoms with E-state index < -0.39 is 0 Å². The number of nitrogens with zero attached hydrogens (tertiary/aromatic N) is 3. The molecule has 0 bridgehead atoms. The summed E-state index contributed by atoms with van der Waals surface area (Å²) >= 11 is 0. The van der Waals surface area contributed by atoms with Crippen LogP contribution in [0.3, 0.4) is 0 Å². The first-order valence-electron chi connectivity index (χ1n) is 9.48. The van der Waals surface area contributed by atoms with Gasteiger partial charge in [0.15, 0.2) is 0 Å². The molecular formula is C22H24N4O2. The fourth-order valence-electron chi connectivity index (χ4n) is 3.24. The standard InChI is InChI=1S/C22H24N4O2/c23-16-19-8-6-18(7-9-19)10-11-22(28)26-14-12-25(13-15-26)17-21(27)24-20-4-2-1-3-5-20/h1-9H,10-15,17H2,(H,24,27). The largest absolute Gasteiger partial charge is 0.340 e. The number of rotatable bonds is 6. The van der Waals surface area contributed by atoms with Crippen LogP contribution in [0.1, 0.15) is 17.5 Å². The topological polar surface area (TPSA) is 76.4 Å². The third kappa shape index (κ3) is 5.66. The van der Waals surface area contributed by atoms with Gasteiger partial charge in [-0.25, -0.2) is 0 Å². The Kier molecular flexibility index (Phi) is 6.77. The van der Waals surface area contributed by atoms with Crippen LogP contribution in [0.2, 0.25) is 0 Å². The molecule has 0 aromatic heterocycles. The van der Waals surface area contributed by atoms with Gasteiger partial charge in [0, 0.05) is 38.3 Å². The Bertz CT molecular complexity index is 835. The van der Waals surface area contributed by atoms with Crippen molar-refractivity contribution in [2.45, 2.75) is 12.8 Å². The van der Waals surface area contributed by atoms with Crippen molar-refractivity contribution in [2.24, 2.45) is 0 Å². The van der Waals surface area contributed by atoms with Crippen LogP contribution in [0.5, 0.6) is 0 Å². The van der Waals surface area contributed by atoms with E-state index >= 15 is 0 Å². The first-order chi connectivity index (χ1) is 13.6. The van der Waals surface area contributed by atoms with E-state index in [1.54, 1.807) is 12.1 Å². The first-order valence-corrected chi connectivity index (χ1v) is 9.48. The van der Waals surface area contributed by atoms with Crippen molar-refractivity contribution >= 4 is 17.5 Å². The highest BCUT2D eigenvalue weighted by Gasteiger charge is 2.22. The minimum Gasteiger partial charge on any atom is -0.340 e. The molecule has 1 N–H and O–H groups in total. The molecule has 1 aliphatic rings. The van der Waals surface area contributed by atoms with Gasteiger partial charge in [0.05, 0.1) is 18.2 Å². The second kappa shape index (κ2) is 9.67. The number of aryl methyl sites for hydroxylation is 1. The minimum atomic E-state index is -0.0354. The van der Waals surface area contributed by atoms with Gasteiger partial charge in [-0.1, -0.05) is 30.3 Å². The van der Waals surface area contributed by atoms with Crippen LogP contribution >= 0.6 is 0 Å². The maximum Gasteiger partial charge on any atom is 0.238 e. The second-order valence-electron chi connectivity index (χ2n) is 6.88. The zero-order valence-corrected chi connectivity index (χ0v) is 15.8. The van der Waals surface area contributed by atoms with Gasteiger partial charge in [-0.05, 0) is 36.2 Å². The van der Waals surface area contributed by atoms with Gasteiger partial charge in [0.2, 0.25) is 11.8 Å². The molecule has 0 atom stereocenters. The zero-order valence-electron chi connectivity index (χ0n) is 15.8. The third-order valence-electron chi connectivity index (χ3n) is 4.86. The summed E-state index contributed by atoms with van der Waals surface area (Å²) in [6, 6.07) is 18.9. The van der Waals surface area contributed by atoms with E-state index in [-0.39, 0.29) is 11.8 Å². The van der Waals surface area contributed by atoms with Crippen molar-refractivity contribution in [3.05, 3.63) is 65.7 Å². The summed E-state index contributed by atoms with van der Waals surface area (Å²) in [5.74, 6) is 0.101. The maximum absolute atomic E-state index is 12.4. The van der Waals surface area contributed by atoms with Crippen molar-refractivity contribution in [1.29, 1.82) is 5.26 Å². The predicted octanol–water partition coefficient (Wildman–Crippen LogP) is 2.27. The summed E-state index contributed by atoms with van der Waals surface area (Å²) < 4.78 is 0. The van der Waals surface area contributed by atoms with Crippen LogP contribution in [-0.2, 0) is 16.0 Å². The van der Waals surface area contributed by atoms with Crippen LogP contribution in [0.25, 0.3) is 0 Å². The summed E-state index contributed by atoms with van der Waals surface area (Å²) in [6.07, 6.45) is 1.13.